The summed E-state index contributed by atoms with van der Waals surface area (Å²) >= 11 is 12.2. The molecule has 0 spiro atoms. The number of hydrogen-bond acceptors (Lipinski definition) is 3. The van der Waals surface area contributed by atoms with Crippen LogP contribution in [-0.4, -0.2) is 39.1 Å². The predicted octanol–water partition coefficient (Wildman–Crippen LogP) is 3.84. The molecule has 7 heteroatoms. The molecule has 2 N–H and O–H groups in total. The van der Waals surface area contributed by atoms with Crippen molar-refractivity contribution in [3.05, 3.63) is 70.4 Å². The summed E-state index contributed by atoms with van der Waals surface area (Å²) < 4.78 is 5.70. The Hall–Kier alpha value is -2.47. The number of carbonyl (C=O) groups is 1. The topological polar surface area (TPSA) is 49.9 Å². The first-order chi connectivity index (χ1) is 14.0. The molecule has 1 saturated heterocycles. The van der Waals surface area contributed by atoms with Gasteiger partial charge in [0.25, 0.3) is 5.91 Å². The lowest BCUT2D eigenvalue weighted by molar-refractivity contribution is -0.880. The van der Waals surface area contributed by atoms with Crippen LogP contribution in [0.15, 0.2) is 59.0 Å². The van der Waals surface area contributed by atoms with Crippen molar-refractivity contribution in [1.82, 2.24) is 0 Å². The number of furan rings is 1. The van der Waals surface area contributed by atoms with Crippen molar-refractivity contribution in [3.63, 3.8) is 0 Å². The Morgan fingerprint density at radius 2 is 1.76 bits per heavy atom. The van der Waals surface area contributed by atoms with Crippen LogP contribution >= 0.6 is 23.2 Å². The second-order valence-electron chi connectivity index (χ2n) is 7.23. The molecule has 1 amide bonds. The van der Waals surface area contributed by atoms with Gasteiger partial charge in [-0.3, -0.25) is 4.79 Å². The van der Waals surface area contributed by atoms with Gasteiger partial charge < -0.3 is 19.5 Å². The van der Waals surface area contributed by atoms with E-state index in [2.05, 4.69) is 17.3 Å². The maximum atomic E-state index is 12.5. The van der Waals surface area contributed by atoms with Crippen LogP contribution in [0.1, 0.15) is 10.6 Å². The minimum Gasteiger partial charge on any atom is -0.451 e. The third-order valence-electron chi connectivity index (χ3n) is 5.13. The van der Waals surface area contributed by atoms with Crippen molar-refractivity contribution in [2.24, 2.45) is 0 Å². The van der Waals surface area contributed by atoms with Gasteiger partial charge in [-0.2, -0.15) is 0 Å². The van der Waals surface area contributed by atoms with E-state index in [1.165, 1.54) is 5.69 Å². The molecule has 2 heterocycles. The van der Waals surface area contributed by atoms with Crippen LogP contribution in [0.2, 0.25) is 10.0 Å². The number of benzene rings is 2. The third kappa shape index (κ3) is 4.58. The highest BCUT2D eigenvalue weighted by atomic mass is 35.5. The number of nitrogens with zero attached hydrogens (tertiary/aromatic N) is 1. The van der Waals surface area contributed by atoms with Crippen LogP contribution in [0.3, 0.4) is 0 Å². The van der Waals surface area contributed by atoms with E-state index in [-0.39, 0.29) is 11.7 Å². The number of likely N-dealkylation sites (N-methyl/N-ethyl adjacent to an activating group) is 1. The molecule has 2 aromatic carbocycles. The van der Waals surface area contributed by atoms with Gasteiger partial charge in [0.15, 0.2) is 5.76 Å². The molecule has 1 aromatic heterocycles. The molecular weight excluding hydrogens is 409 g/mol. The molecule has 0 atom stereocenters. The summed E-state index contributed by atoms with van der Waals surface area (Å²) in [5.41, 5.74) is 2.59. The van der Waals surface area contributed by atoms with E-state index in [4.69, 9.17) is 27.6 Å². The van der Waals surface area contributed by atoms with Gasteiger partial charge in [0.05, 0.1) is 38.2 Å². The number of carbonyl (C=O) groups excluding carboxylic acids is 1. The molecule has 0 unspecified atom stereocenters. The lowest BCUT2D eigenvalue weighted by Gasteiger charge is -2.31. The lowest BCUT2D eigenvalue weighted by atomic mass is 10.2. The van der Waals surface area contributed by atoms with Gasteiger partial charge in [0.2, 0.25) is 0 Å². The number of hydrogen-bond donors (Lipinski definition) is 2. The first-order valence-electron chi connectivity index (χ1n) is 9.52. The highest BCUT2D eigenvalue weighted by Crippen LogP contribution is 2.31. The largest absolute Gasteiger partial charge is 0.451 e. The molecule has 1 aliphatic heterocycles. The van der Waals surface area contributed by atoms with Crippen LogP contribution in [0.4, 0.5) is 11.4 Å². The van der Waals surface area contributed by atoms with Crippen molar-refractivity contribution < 1.29 is 14.1 Å². The van der Waals surface area contributed by atoms with Gasteiger partial charge in [-0.25, -0.2) is 0 Å². The first-order valence-corrected chi connectivity index (χ1v) is 10.3. The summed E-state index contributed by atoms with van der Waals surface area (Å²) in [6.07, 6.45) is 0. The zero-order valence-electron chi connectivity index (χ0n) is 16.0. The van der Waals surface area contributed by atoms with Gasteiger partial charge in [-0.05, 0) is 54.6 Å². The Bertz CT molecular complexity index is 1010. The Morgan fingerprint density at radius 1 is 1.03 bits per heavy atom. The molecule has 1 fully saturated rings. The molecule has 29 heavy (non-hydrogen) atoms. The fraction of sp³-hybridized carbons (Fsp3) is 0.227. The zero-order chi connectivity index (χ0) is 20.4. The van der Waals surface area contributed by atoms with E-state index in [9.17, 15) is 4.79 Å². The second-order valence-corrected chi connectivity index (χ2v) is 8.08. The average Bonchev–Trinajstić information content (AvgIpc) is 3.19. The molecule has 1 aliphatic rings. The monoisotopic (exact) mass is 430 g/mol. The van der Waals surface area contributed by atoms with Gasteiger partial charge in [-0.1, -0.05) is 23.2 Å². The van der Waals surface area contributed by atoms with E-state index in [1.807, 2.05) is 24.3 Å². The van der Waals surface area contributed by atoms with Crippen LogP contribution in [-0.2, 0) is 0 Å². The lowest BCUT2D eigenvalue weighted by Crippen LogP contribution is -3.12. The summed E-state index contributed by atoms with van der Waals surface area (Å²) in [6.45, 7) is 4.35. The van der Waals surface area contributed by atoms with Gasteiger partial charge >= 0.3 is 0 Å². The number of quaternary nitrogens is 1. The van der Waals surface area contributed by atoms with E-state index in [0.717, 1.165) is 31.9 Å². The van der Waals surface area contributed by atoms with Crippen molar-refractivity contribution in [2.75, 3.05) is 43.4 Å². The number of nitrogens with one attached hydrogen (secondary N) is 2. The van der Waals surface area contributed by atoms with Crippen LogP contribution in [0.5, 0.6) is 0 Å². The summed E-state index contributed by atoms with van der Waals surface area (Å²) in [4.78, 5) is 16.5. The minimum atomic E-state index is -0.308. The third-order valence-corrected chi connectivity index (χ3v) is 5.68. The van der Waals surface area contributed by atoms with Crippen LogP contribution in [0.25, 0.3) is 11.3 Å². The molecule has 5 nitrogen and oxygen atoms in total. The molecule has 0 bridgehead atoms. The van der Waals surface area contributed by atoms with Crippen molar-refractivity contribution >= 4 is 40.5 Å². The van der Waals surface area contributed by atoms with E-state index in [0.29, 0.717) is 21.4 Å². The number of piperazine rings is 1. The van der Waals surface area contributed by atoms with Crippen molar-refractivity contribution in [3.8, 4) is 11.3 Å². The van der Waals surface area contributed by atoms with Crippen molar-refractivity contribution in [1.29, 1.82) is 0 Å². The summed E-state index contributed by atoms with van der Waals surface area (Å²) in [7, 11) is 2.22. The van der Waals surface area contributed by atoms with Gasteiger partial charge in [-0.15, -0.1) is 0 Å². The maximum Gasteiger partial charge on any atom is 0.291 e. The molecule has 0 saturated carbocycles. The number of rotatable bonds is 4. The Labute approximate surface area is 179 Å². The Balaban J connectivity index is 1.42. The Morgan fingerprint density at radius 3 is 2.45 bits per heavy atom. The normalized spacial score (nSPS) is 14.8. The smallest absolute Gasteiger partial charge is 0.291 e. The van der Waals surface area contributed by atoms with Crippen LogP contribution < -0.4 is 15.1 Å². The number of amides is 1. The predicted molar refractivity (Wildman–Crippen MR) is 117 cm³/mol. The minimum absolute atomic E-state index is 0.220. The van der Waals surface area contributed by atoms with Crippen molar-refractivity contribution in [2.45, 2.75) is 0 Å². The SMILES string of the molecule is C[NH+]1CCN(c2ccc(NC(=O)c3ccc(-c4ccc(Cl)cc4Cl)o3)cc2)CC1. The van der Waals surface area contributed by atoms with E-state index in [1.54, 1.807) is 35.2 Å². The number of halogens is 2. The first kappa shape index (κ1) is 19.8. The van der Waals surface area contributed by atoms with Gasteiger partial charge in [0, 0.05) is 22.0 Å². The maximum absolute atomic E-state index is 12.5. The molecule has 150 valence electrons. The highest BCUT2D eigenvalue weighted by Gasteiger charge is 2.18. The van der Waals surface area contributed by atoms with Gasteiger partial charge in [0.1, 0.15) is 5.76 Å². The summed E-state index contributed by atoms with van der Waals surface area (Å²) in [6, 6.07) is 16.4. The van der Waals surface area contributed by atoms with E-state index >= 15 is 0 Å². The summed E-state index contributed by atoms with van der Waals surface area (Å²) in [5, 5.41) is 3.89. The fourth-order valence-corrected chi connectivity index (χ4v) is 3.89. The zero-order valence-corrected chi connectivity index (χ0v) is 17.6. The molecule has 3 aromatic rings. The quantitative estimate of drug-likeness (QED) is 0.660. The van der Waals surface area contributed by atoms with Crippen LogP contribution in [0, 0.1) is 0 Å². The molecular formula is C22H22Cl2N3O2+. The molecule has 4 rings (SSSR count). The Kier molecular flexibility index (Phi) is 5.81. The number of anilines is 2. The highest BCUT2D eigenvalue weighted by molar-refractivity contribution is 6.36. The average molecular weight is 431 g/mol. The standard InChI is InChI=1S/C22H21Cl2N3O2/c1-26-10-12-27(13-11-26)17-5-3-16(4-6-17)25-22(28)21-9-8-20(29-21)18-7-2-15(23)14-19(18)24/h2-9,14H,10-13H2,1H3,(H,25,28)/p+1. The fourth-order valence-electron chi connectivity index (χ4n) is 3.39. The second kappa shape index (κ2) is 8.49. The van der Waals surface area contributed by atoms with E-state index < -0.39 is 0 Å². The molecule has 0 aliphatic carbocycles. The summed E-state index contributed by atoms with van der Waals surface area (Å²) in [5.74, 6) is 0.429. The molecule has 0 radical (unpaired) electrons.